The molecule has 2 fully saturated rings. The number of hydrogen-bond acceptors (Lipinski definition) is 8. The Hall–Kier alpha value is -5.18. The molecule has 2 aliphatic heterocycles. The molecular formula is C52H70N8. The average Bonchev–Trinajstić information content (AvgIpc) is 3.22. The number of hydrogen-bond donors (Lipinski definition) is 4. The summed E-state index contributed by atoms with van der Waals surface area (Å²) in [6.07, 6.45) is 4.67. The monoisotopic (exact) mass is 807 g/mol. The van der Waals surface area contributed by atoms with Crippen LogP contribution in [0.25, 0.3) is 21.8 Å². The average molecular weight is 807 g/mol. The van der Waals surface area contributed by atoms with E-state index in [0.717, 1.165) is 61.9 Å². The third kappa shape index (κ3) is 12.4. The van der Waals surface area contributed by atoms with Crippen molar-refractivity contribution in [3.63, 3.8) is 0 Å². The van der Waals surface area contributed by atoms with Crippen LogP contribution in [-0.4, -0.2) is 59.3 Å². The van der Waals surface area contributed by atoms with E-state index in [1.807, 2.05) is 6.07 Å². The van der Waals surface area contributed by atoms with Crippen LogP contribution in [0.1, 0.15) is 91.3 Å². The minimum atomic E-state index is 0. The molecule has 0 unspecified atom stereocenters. The molecule has 0 spiro atoms. The minimum Gasteiger partial charge on any atom is -0.371 e. The predicted octanol–water partition coefficient (Wildman–Crippen LogP) is 11.4. The van der Waals surface area contributed by atoms with Crippen molar-refractivity contribution in [2.75, 3.05) is 46.6 Å². The van der Waals surface area contributed by atoms with E-state index in [4.69, 9.17) is 9.97 Å². The number of rotatable bonds is 10. The Morgan fingerprint density at radius 1 is 0.517 bits per heavy atom. The molecule has 0 amide bonds. The van der Waals surface area contributed by atoms with Gasteiger partial charge >= 0.3 is 0 Å². The largest absolute Gasteiger partial charge is 0.371 e. The van der Waals surface area contributed by atoms with Crippen molar-refractivity contribution in [2.45, 2.75) is 118 Å². The van der Waals surface area contributed by atoms with Gasteiger partial charge in [0.2, 0.25) is 0 Å². The van der Waals surface area contributed by atoms with Crippen molar-refractivity contribution >= 4 is 44.8 Å². The molecule has 0 bridgehead atoms. The van der Waals surface area contributed by atoms with E-state index in [9.17, 15) is 0 Å². The quantitative estimate of drug-likeness (QED) is 0.109. The molecule has 0 aliphatic carbocycles. The first-order valence-corrected chi connectivity index (χ1v) is 21.8. The van der Waals surface area contributed by atoms with Gasteiger partial charge < -0.3 is 31.1 Å². The molecule has 0 radical (unpaired) electrons. The van der Waals surface area contributed by atoms with Crippen molar-refractivity contribution in [1.29, 1.82) is 0 Å². The van der Waals surface area contributed by atoms with Gasteiger partial charge in [0.25, 0.3) is 0 Å². The smallest absolute Gasteiger partial charge is 0.129 e. The molecule has 2 aliphatic rings. The third-order valence-electron chi connectivity index (χ3n) is 11.2. The lowest BCUT2D eigenvalue weighted by Crippen LogP contribution is -2.49. The molecule has 318 valence electrons. The highest BCUT2D eigenvalue weighted by atomic mass is 15.2. The highest BCUT2D eigenvalue weighted by Gasteiger charge is 2.26. The normalized spacial score (nSPS) is 15.3. The molecule has 4 heterocycles. The van der Waals surface area contributed by atoms with Crippen LogP contribution in [0.2, 0.25) is 0 Å². The Labute approximate surface area is 360 Å². The standard InChI is InChI=1S/C26H34N4.C25H32N4.CH4/c1-19-9-11-20(12-10-19)18-27-25-17-24(22-7-5-6-8-23(22)28-25)30-15-13-21(14-16-30)29-26(2,3)4;1-25(2,3)28-20-13-15-29(16-14-20)23-17-24(26-18-19-9-5-4-6-10-19)27-22-12-8-7-11-21(22)23;/h5-12,17,21,29H,13-16,18H2,1-4H3,(H,27,28);4-12,17,20,28H,13-16,18H2,1-3H3,(H,26,27);1H4. The number of para-hydroxylation sites is 2. The van der Waals surface area contributed by atoms with Crippen molar-refractivity contribution in [3.05, 3.63) is 132 Å². The summed E-state index contributed by atoms with van der Waals surface area (Å²) in [7, 11) is 0. The Morgan fingerprint density at radius 3 is 1.32 bits per heavy atom. The molecule has 2 aromatic heterocycles. The van der Waals surface area contributed by atoms with Crippen LogP contribution in [0.5, 0.6) is 0 Å². The van der Waals surface area contributed by atoms with E-state index in [1.165, 1.54) is 64.5 Å². The molecule has 8 nitrogen and oxygen atoms in total. The number of piperidine rings is 2. The highest BCUT2D eigenvalue weighted by molar-refractivity contribution is 5.94. The van der Waals surface area contributed by atoms with Gasteiger partial charge in [0, 0.05) is 96.7 Å². The Kier molecular flexibility index (Phi) is 14.7. The van der Waals surface area contributed by atoms with Gasteiger partial charge in [-0.15, -0.1) is 0 Å². The van der Waals surface area contributed by atoms with Crippen LogP contribution in [0.4, 0.5) is 23.0 Å². The molecule has 60 heavy (non-hydrogen) atoms. The Balaban J connectivity index is 0.000000198. The fraction of sp³-hybridized carbons (Fsp3) is 0.423. The summed E-state index contributed by atoms with van der Waals surface area (Å²) in [6.45, 7) is 21.5. The van der Waals surface area contributed by atoms with Gasteiger partial charge in [-0.2, -0.15) is 0 Å². The number of aromatic nitrogens is 2. The first kappa shape index (κ1) is 44.4. The maximum absolute atomic E-state index is 4.88. The van der Waals surface area contributed by atoms with E-state index in [0.29, 0.717) is 12.1 Å². The summed E-state index contributed by atoms with van der Waals surface area (Å²) in [5.74, 6) is 1.89. The summed E-state index contributed by atoms with van der Waals surface area (Å²) in [4.78, 5) is 14.8. The van der Waals surface area contributed by atoms with Crippen LogP contribution in [-0.2, 0) is 13.1 Å². The van der Waals surface area contributed by atoms with Gasteiger partial charge in [-0.25, -0.2) is 9.97 Å². The zero-order valence-corrected chi connectivity index (χ0v) is 36.5. The Morgan fingerprint density at radius 2 is 0.900 bits per heavy atom. The second kappa shape index (κ2) is 19.9. The van der Waals surface area contributed by atoms with Crippen LogP contribution in [0.3, 0.4) is 0 Å². The lowest BCUT2D eigenvalue weighted by Gasteiger charge is -2.37. The maximum atomic E-state index is 4.88. The summed E-state index contributed by atoms with van der Waals surface area (Å²) in [6, 6.07) is 41.8. The van der Waals surface area contributed by atoms with Crippen LogP contribution < -0.4 is 31.1 Å². The molecule has 2 saturated heterocycles. The SMILES string of the molecule is C.CC(C)(C)NC1CCN(c2cc(NCc3ccccc3)nc3ccccc23)CC1.Cc1ccc(CNc2cc(N3CCC(NC(C)(C)C)CC3)c3ccccc3n2)cc1. The molecule has 4 N–H and O–H groups in total. The topological polar surface area (TPSA) is 80.4 Å². The van der Waals surface area contributed by atoms with E-state index < -0.39 is 0 Å². The molecule has 8 heteroatoms. The molecule has 0 saturated carbocycles. The highest BCUT2D eigenvalue weighted by Crippen LogP contribution is 2.33. The zero-order chi connectivity index (χ0) is 41.4. The van der Waals surface area contributed by atoms with Crippen LogP contribution in [0, 0.1) is 6.92 Å². The minimum absolute atomic E-state index is 0. The van der Waals surface area contributed by atoms with Gasteiger partial charge in [0.1, 0.15) is 11.6 Å². The number of benzene rings is 4. The summed E-state index contributed by atoms with van der Waals surface area (Å²) >= 11 is 0. The van der Waals surface area contributed by atoms with Gasteiger partial charge in [-0.05, 0) is 97.4 Å². The first-order valence-electron chi connectivity index (χ1n) is 21.8. The Bertz CT molecular complexity index is 2240. The van der Waals surface area contributed by atoms with E-state index in [-0.39, 0.29) is 18.5 Å². The molecular weight excluding hydrogens is 737 g/mol. The molecule has 8 rings (SSSR count). The molecule has 4 aromatic carbocycles. The van der Waals surface area contributed by atoms with Crippen LogP contribution in [0.15, 0.2) is 115 Å². The fourth-order valence-electron chi connectivity index (χ4n) is 8.46. The lowest BCUT2D eigenvalue weighted by atomic mass is 9.99. The van der Waals surface area contributed by atoms with Crippen molar-refractivity contribution in [3.8, 4) is 0 Å². The van der Waals surface area contributed by atoms with Crippen molar-refractivity contribution < 1.29 is 0 Å². The number of nitrogens with zero attached hydrogens (tertiary/aromatic N) is 4. The van der Waals surface area contributed by atoms with E-state index in [2.05, 4.69) is 189 Å². The number of fused-ring (bicyclic) bond motifs is 2. The number of pyridine rings is 2. The van der Waals surface area contributed by atoms with Crippen molar-refractivity contribution in [2.24, 2.45) is 0 Å². The molecule has 0 atom stereocenters. The predicted molar refractivity (Wildman–Crippen MR) is 259 cm³/mol. The van der Waals surface area contributed by atoms with E-state index >= 15 is 0 Å². The number of nitrogens with one attached hydrogen (secondary N) is 4. The van der Waals surface area contributed by atoms with Gasteiger partial charge in [-0.1, -0.05) is 104 Å². The summed E-state index contributed by atoms with van der Waals surface area (Å²) < 4.78 is 0. The van der Waals surface area contributed by atoms with Gasteiger partial charge in [-0.3, -0.25) is 0 Å². The van der Waals surface area contributed by atoms with Crippen LogP contribution >= 0.6 is 0 Å². The van der Waals surface area contributed by atoms with E-state index in [1.54, 1.807) is 0 Å². The second-order valence-corrected chi connectivity index (χ2v) is 18.6. The third-order valence-corrected chi connectivity index (χ3v) is 11.2. The fourth-order valence-corrected chi connectivity index (χ4v) is 8.46. The summed E-state index contributed by atoms with van der Waals surface area (Å²) in [5.41, 5.74) is 8.85. The number of aryl methyl sites for hydroxylation is 1. The molecule has 6 aromatic rings. The maximum Gasteiger partial charge on any atom is 0.129 e. The van der Waals surface area contributed by atoms with Gasteiger partial charge in [0.05, 0.1) is 11.0 Å². The summed E-state index contributed by atoms with van der Waals surface area (Å²) in [5, 5.41) is 17.1. The van der Waals surface area contributed by atoms with Crippen molar-refractivity contribution in [1.82, 2.24) is 20.6 Å². The lowest BCUT2D eigenvalue weighted by molar-refractivity contribution is 0.317. The zero-order valence-electron chi connectivity index (χ0n) is 36.5. The van der Waals surface area contributed by atoms with Gasteiger partial charge in [0.15, 0.2) is 0 Å². The second-order valence-electron chi connectivity index (χ2n) is 18.6. The number of anilines is 4. The first-order chi connectivity index (χ1) is 28.3.